The van der Waals surface area contributed by atoms with Gasteiger partial charge in [0.2, 0.25) is 0 Å². The van der Waals surface area contributed by atoms with Crippen LogP contribution in [0.1, 0.15) is 0 Å². The van der Waals surface area contributed by atoms with Crippen LogP contribution in [-0.4, -0.2) is 41.3 Å². The van der Waals surface area contributed by atoms with Crippen LogP contribution in [-0.2, 0) is 4.74 Å². The molecule has 6 nitrogen and oxygen atoms in total. The molecular weight excluding hydrogens is 399 g/mol. The van der Waals surface area contributed by atoms with E-state index in [4.69, 9.17) is 27.9 Å². The van der Waals surface area contributed by atoms with Gasteiger partial charge in [-0.2, -0.15) is 0 Å². The highest BCUT2D eigenvalue weighted by Gasteiger charge is 2.15. The quantitative estimate of drug-likeness (QED) is 0.514. The molecule has 0 aliphatic carbocycles. The van der Waals surface area contributed by atoms with Crippen molar-refractivity contribution in [3.05, 3.63) is 56.8 Å². The zero-order valence-electron chi connectivity index (χ0n) is 14.8. The van der Waals surface area contributed by atoms with Gasteiger partial charge in [-0.3, -0.25) is 4.79 Å². The Kier molecular flexibility index (Phi) is 4.27. The predicted octanol–water partition coefficient (Wildman–Crippen LogP) is 4.21. The van der Waals surface area contributed by atoms with Crippen molar-refractivity contribution in [1.29, 1.82) is 0 Å². The molecule has 4 aromatic rings. The van der Waals surface area contributed by atoms with E-state index in [-0.39, 0.29) is 5.56 Å². The van der Waals surface area contributed by atoms with E-state index in [2.05, 4.69) is 25.9 Å². The number of nitrogens with zero attached hydrogens (tertiary/aromatic N) is 2. The molecule has 5 rings (SSSR count). The average molecular weight is 415 g/mol. The monoisotopic (exact) mass is 414 g/mol. The maximum absolute atomic E-state index is 12.6. The standard InChI is InChI=1S/C20H16Cl2N4O2/c21-14-2-4-15-12(18(14)22)10-13(20(27)25-15)19-23-16-3-1-11(9-17(16)24-19)26-5-7-28-8-6-26/h1-4,9-10H,5-8H2,(H,23,24)(H,25,27). The van der Waals surface area contributed by atoms with Crippen molar-refractivity contribution in [3.63, 3.8) is 0 Å². The third-order valence-electron chi connectivity index (χ3n) is 5.01. The summed E-state index contributed by atoms with van der Waals surface area (Å²) in [7, 11) is 0. The molecule has 0 atom stereocenters. The topological polar surface area (TPSA) is 74.0 Å². The van der Waals surface area contributed by atoms with Crippen LogP contribution in [0.5, 0.6) is 0 Å². The van der Waals surface area contributed by atoms with E-state index in [9.17, 15) is 4.79 Å². The molecule has 0 radical (unpaired) electrons. The van der Waals surface area contributed by atoms with E-state index in [1.807, 2.05) is 12.1 Å². The number of benzene rings is 2. The zero-order valence-corrected chi connectivity index (χ0v) is 16.3. The average Bonchev–Trinajstić information content (AvgIpc) is 3.14. The van der Waals surface area contributed by atoms with Crippen molar-refractivity contribution in [2.45, 2.75) is 0 Å². The summed E-state index contributed by atoms with van der Waals surface area (Å²) in [6.45, 7) is 3.16. The summed E-state index contributed by atoms with van der Waals surface area (Å²) in [5.41, 5.74) is 3.58. The van der Waals surface area contributed by atoms with Gasteiger partial charge < -0.3 is 19.6 Å². The number of aromatic nitrogens is 3. The first-order valence-corrected chi connectivity index (χ1v) is 9.69. The second-order valence-corrected chi connectivity index (χ2v) is 7.51. The van der Waals surface area contributed by atoms with Crippen LogP contribution < -0.4 is 10.5 Å². The molecule has 142 valence electrons. The first-order chi connectivity index (χ1) is 13.6. The fraction of sp³-hybridized carbons (Fsp3) is 0.200. The Morgan fingerprint density at radius 1 is 1.00 bits per heavy atom. The number of halogens is 2. The summed E-state index contributed by atoms with van der Waals surface area (Å²) >= 11 is 12.4. The summed E-state index contributed by atoms with van der Waals surface area (Å²) in [4.78, 5) is 25.6. The van der Waals surface area contributed by atoms with Gasteiger partial charge in [-0.25, -0.2) is 4.98 Å². The van der Waals surface area contributed by atoms with Crippen LogP contribution in [0.4, 0.5) is 5.69 Å². The Balaban J connectivity index is 1.61. The normalized spacial score (nSPS) is 14.9. The van der Waals surface area contributed by atoms with Gasteiger partial charge in [0, 0.05) is 29.7 Å². The van der Waals surface area contributed by atoms with Gasteiger partial charge in [-0.05, 0) is 36.4 Å². The van der Waals surface area contributed by atoms with Crippen LogP contribution in [0.25, 0.3) is 33.3 Å². The van der Waals surface area contributed by atoms with Crippen molar-refractivity contribution >= 4 is 50.8 Å². The molecule has 0 saturated carbocycles. The molecule has 0 bridgehead atoms. The highest BCUT2D eigenvalue weighted by Crippen LogP contribution is 2.31. The summed E-state index contributed by atoms with van der Waals surface area (Å²) < 4.78 is 5.42. The minimum atomic E-state index is -0.238. The zero-order chi connectivity index (χ0) is 19.3. The van der Waals surface area contributed by atoms with Crippen LogP contribution in [0.3, 0.4) is 0 Å². The maximum atomic E-state index is 12.6. The Morgan fingerprint density at radius 2 is 1.82 bits per heavy atom. The van der Waals surface area contributed by atoms with E-state index >= 15 is 0 Å². The fourth-order valence-electron chi connectivity index (χ4n) is 3.54. The number of imidazole rings is 1. The molecule has 2 aromatic carbocycles. The third-order valence-corrected chi connectivity index (χ3v) is 5.83. The fourth-order valence-corrected chi connectivity index (χ4v) is 3.92. The molecule has 2 N–H and O–H groups in total. The molecule has 2 aromatic heterocycles. The maximum Gasteiger partial charge on any atom is 0.259 e. The number of morpholine rings is 1. The number of fused-ring (bicyclic) bond motifs is 2. The number of ether oxygens (including phenoxy) is 1. The van der Waals surface area contributed by atoms with E-state index in [0.29, 0.717) is 32.3 Å². The minimum absolute atomic E-state index is 0.238. The molecule has 0 amide bonds. The minimum Gasteiger partial charge on any atom is -0.378 e. The number of pyridine rings is 1. The SMILES string of the molecule is O=c1[nH]c2ccc(Cl)c(Cl)c2cc1-c1nc2ccc(N3CCOCC3)cc2[nH]1. The molecule has 1 aliphatic heterocycles. The van der Waals surface area contributed by atoms with Gasteiger partial charge in [0.1, 0.15) is 5.82 Å². The molecule has 0 unspecified atom stereocenters. The van der Waals surface area contributed by atoms with Crippen LogP contribution in [0.2, 0.25) is 10.0 Å². The lowest BCUT2D eigenvalue weighted by molar-refractivity contribution is 0.122. The van der Waals surface area contributed by atoms with E-state index < -0.39 is 0 Å². The summed E-state index contributed by atoms with van der Waals surface area (Å²) in [5, 5.41) is 1.52. The number of rotatable bonds is 2. The molecule has 1 fully saturated rings. The second-order valence-electron chi connectivity index (χ2n) is 6.72. The first kappa shape index (κ1) is 17.6. The van der Waals surface area contributed by atoms with E-state index in [1.165, 1.54) is 0 Å². The lowest BCUT2D eigenvalue weighted by Crippen LogP contribution is -2.36. The molecule has 3 heterocycles. The van der Waals surface area contributed by atoms with Gasteiger partial charge in [0.15, 0.2) is 0 Å². The summed E-state index contributed by atoms with van der Waals surface area (Å²) in [6.07, 6.45) is 0. The number of hydrogen-bond acceptors (Lipinski definition) is 4. The molecule has 1 aliphatic rings. The number of aromatic amines is 2. The van der Waals surface area contributed by atoms with Crippen molar-refractivity contribution in [3.8, 4) is 11.4 Å². The Labute approximate surface area is 170 Å². The largest absolute Gasteiger partial charge is 0.378 e. The third kappa shape index (κ3) is 2.94. The van der Waals surface area contributed by atoms with Crippen LogP contribution in [0, 0.1) is 0 Å². The van der Waals surface area contributed by atoms with E-state index in [0.717, 1.165) is 43.0 Å². The number of H-pyrrole nitrogens is 2. The van der Waals surface area contributed by atoms with Crippen molar-refractivity contribution < 1.29 is 4.74 Å². The molecule has 1 saturated heterocycles. The molecule has 28 heavy (non-hydrogen) atoms. The van der Waals surface area contributed by atoms with E-state index in [1.54, 1.807) is 18.2 Å². The molecular formula is C20H16Cl2N4O2. The number of nitrogens with one attached hydrogen (secondary N) is 2. The van der Waals surface area contributed by atoms with Crippen LogP contribution in [0.15, 0.2) is 41.2 Å². The van der Waals surface area contributed by atoms with Crippen molar-refractivity contribution in [1.82, 2.24) is 15.0 Å². The van der Waals surface area contributed by atoms with Gasteiger partial charge in [0.25, 0.3) is 5.56 Å². The first-order valence-electron chi connectivity index (χ1n) is 8.94. The summed E-state index contributed by atoms with van der Waals surface area (Å²) in [6, 6.07) is 11.2. The van der Waals surface area contributed by atoms with Gasteiger partial charge in [-0.15, -0.1) is 0 Å². The number of anilines is 1. The summed E-state index contributed by atoms with van der Waals surface area (Å²) in [5.74, 6) is 0.494. The number of hydrogen-bond donors (Lipinski definition) is 2. The van der Waals surface area contributed by atoms with Crippen molar-refractivity contribution in [2.24, 2.45) is 0 Å². The predicted molar refractivity (Wildman–Crippen MR) is 113 cm³/mol. The Morgan fingerprint density at radius 3 is 2.64 bits per heavy atom. The Bertz CT molecular complexity index is 1260. The van der Waals surface area contributed by atoms with Gasteiger partial charge >= 0.3 is 0 Å². The highest BCUT2D eigenvalue weighted by molar-refractivity contribution is 6.45. The second kappa shape index (κ2) is 6.81. The van der Waals surface area contributed by atoms with Crippen LogP contribution >= 0.6 is 23.2 Å². The van der Waals surface area contributed by atoms with Gasteiger partial charge in [0.05, 0.1) is 39.9 Å². The molecule has 8 heteroatoms. The lowest BCUT2D eigenvalue weighted by Gasteiger charge is -2.28. The molecule has 0 spiro atoms. The highest BCUT2D eigenvalue weighted by atomic mass is 35.5. The Hall–Kier alpha value is -2.54. The van der Waals surface area contributed by atoms with Crippen molar-refractivity contribution in [2.75, 3.05) is 31.2 Å². The van der Waals surface area contributed by atoms with Gasteiger partial charge in [-0.1, -0.05) is 23.2 Å². The lowest BCUT2D eigenvalue weighted by atomic mass is 10.1. The smallest absolute Gasteiger partial charge is 0.259 e.